The van der Waals surface area contributed by atoms with Gasteiger partial charge in [-0.1, -0.05) is 84.9 Å². The molecule has 0 N–H and O–H groups in total. The second kappa shape index (κ2) is 8.21. The molecule has 0 bridgehead atoms. The van der Waals surface area contributed by atoms with Crippen LogP contribution in [0.1, 0.15) is 0 Å². The molecule has 36 heavy (non-hydrogen) atoms. The summed E-state index contributed by atoms with van der Waals surface area (Å²) in [6, 6.07) is 41.6. The lowest BCUT2D eigenvalue weighted by Gasteiger charge is -2.22. The third-order valence-corrected chi connectivity index (χ3v) is 7.31. The molecule has 0 amide bonds. The van der Waals surface area contributed by atoms with E-state index in [1.54, 1.807) is 0 Å². The highest BCUT2D eigenvalue weighted by molar-refractivity contribution is 6.15. The minimum atomic E-state index is 1.06. The highest BCUT2D eigenvalue weighted by Gasteiger charge is 2.21. The number of rotatable bonds is 4. The van der Waals surface area contributed by atoms with Crippen molar-refractivity contribution in [2.24, 2.45) is 0 Å². The zero-order valence-corrected chi connectivity index (χ0v) is 20.0. The number of hydrogen-bond acceptors (Lipinski definition) is 2. The molecule has 1 aliphatic carbocycles. The molecular formula is C34H24N2. The molecule has 170 valence electrons. The van der Waals surface area contributed by atoms with E-state index in [1.165, 1.54) is 55.3 Å². The molecule has 0 saturated heterocycles. The van der Waals surface area contributed by atoms with Gasteiger partial charge in [-0.15, -0.1) is 0 Å². The maximum atomic E-state index is 4.30. The summed E-state index contributed by atoms with van der Waals surface area (Å²) in [5, 5.41) is 2.67. The van der Waals surface area contributed by atoms with Gasteiger partial charge in [-0.2, -0.15) is 0 Å². The molecule has 1 aromatic heterocycles. The van der Waals surface area contributed by atoms with Crippen LogP contribution in [0.15, 0.2) is 128 Å². The standard InChI is InChI=1S/C34H24N2/c1-36(27-12-7-19-35-22-27)33-16-3-2-13-28(33)26-11-4-10-24(20-26)25-17-18-29-30-14-5-8-23-9-6-15-31(34(23)30)32(29)21-25/h2-22H,1H3. The minimum Gasteiger partial charge on any atom is -0.343 e. The second-order valence-electron chi connectivity index (χ2n) is 9.34. The number of aromatic nitrogens is 1. The summed E-state index contributed by atoms with van der Waals surface area (Å²) in [6.45, 7) is 0. The fourth-order valence-corrected chi connectivity index (χ4v) is 5.54. The summed E-state index contributed by atoms with van der Waals surface area (Å²) in [5.74, 6) is 0. The normalized spacial score (nSPS) is 11.5. The summed E-state index contributed by atoms with van der Waals surface area (Å²) in [7, 11) is 2.10. The Labute approximate surface area is 211 Å². The maximum Gasteiger partial charge on any atom is 0.0594 e. The van der Waals surface area contributed by atoms with Crippen LogP contribution in [-0.2, 0) is 0 Å². The Morgan fingerprint density at radius 1 is 0.528 bits per heavy atom. The number of benzene rings is 5. The molecule has 0 radical (unpaired) electrons. The van der Waals surface area contributed by atoms with Gasteiger partial charge in [0.25, 0.3) is 0 Å². The third-order valence-electron chi connectivity index (χ3n) is 7.31. The van der Waals surface area contributed by atoms with Crippen molar-refractivity contribution < 1.29 is 0 Å². The first kappa shape index (κ1) is 20.7. The number of anilines is 2. The van der Waals surface area contributed by atoms with Crippen molar-refractivity contribution in [2.75, 3.05) is 11.9 Å². The number of para-hydroxylation sites is 1. The van der Waals surface area contributed by atoms with E-state index < -0.39 is 0 Å². The molecule has 1 heterocycles. The van der Waals surface area contributed by atoms with Crippen LogP contribution < -0.4 is 4.90 Å². The molecule has 0 saturated carbocycles. The molecule has 0 aliphatic heterocycles. The van der Waals surface area contributed by atoms with Crippen LogP contribution in [0.5, 0.6) is 0 Å². The molecule has 0 spiro atoms. The summed E-state index contributed by atoms with van der Waals surface area (Å²) >= 11 is 0. The van der Waals surface area contributed by atoms with Gasteiger partial charge in [-0.25, -0.2) is 0 Å². The molecule has 0 atom stereocenters. The van der Waals surface area contributed by atoms with E-state index in [0.29, 0.717) is 0 Å². The molecule has 0 fully saturated rings. The molecule has 2 nitrogen and oxygen atoms in total. The van der Waals surface area contributed by atoms with Crippen LogP contribution in [0, 0.1) is 0 Å². The predicted octanol–water partition coefficient (Wildman–Crippen LogP) is 8.98. The average Bonchev–Trinajstić information content (AvgIpc) is 3.28. The van der Waals surface area contributed by atoms with Gasteiger partial charge < -0.3 is 4.90 Å². The monoisotopic (exact) mass is 460 g/mol. The topological polar surface area (TPSA) is 16.1 Å². The summed E-state index contributed by atoms with van der Waals surface area (Å²) in [6.07, 6.45) is 3.71. The quantitative estimate of drug-likeness (QED) is 0.260. The van der Waals surface area contributed by atoms with Crippen molar-refractivity contribution >= 4 is 22.1 Å². The Morgan fingerprint density at radius 2 is 1.25 bits per heavy atom. The van der Waals surface area contributed by atoms with Gasteiger partial charge in [0, 0.05) is 24.5 Å². The summed E-state index contributed by atoms with van der Waals surface area (Å²) in [5.41, 5.74) is 12.4. The molecule has 5 aromatic carbocycles. The van der Waals surface area contributed by atoms with Gasteiger partial charge in [0.2, 0.25) is 0 Å². The van der Waals surface area contributed by atoms with Gasteiger partial charge in [0.1, 0.15) is 0 Å². The van der Waals surface area contributed by atoms with Crippen LogP contribution in [0.25, 0.3) is 55.3 Å². The lowest BCUT2D eigenvalue weighted by molar-refractivity contribution is 1.18. The lowest BCUT2D eigenvalue weighted by atomic mass is 9.94. The molecule has 7 rings (SSSR count). The fraction of sp³-hybridized carbons (Fsp3) is 0.0294. The lowest BCUT2D eigenvalue weighted by Crippen LogP contribution is -2.10. The van der Waals surface area contributed by atoms with Gasteiger partial charge >= 0.3 is 0 Å². The van der Waals surface area contributed by atoms with Crippen LogP contribution in [0.3, 0.4) is 0 Å². The zero-order valence-electron chi connectivity index (χ0n) is 20.0. The van der Waals surface area contributed by atoms with Crippen LogP contribution >= 0.6 is 0 Å². The highest BCUT2D eigenvalue weighted by Crippen LogP contribution is 2.48. The first-order chi connectivity index (χ1) is 17.8. The first-order valence-electron chi connectivity index (χ1n) is 12.3. The molecule has 6 aromatic rings. The van der Waals surface area contributed by atoms with Gasteiger partial charge in [-0.05, 0) is 80.0 Å². The molecule has 0 unspecified atom stereocenters. The van der Waals surface area contributed by atoms with Crippen molar-refractivity contribution in [3.8, 4) is 44.5 Å². The Morgan fingerprint density at radius 3 is 2.08 bits per heavy atom. The summed E-state index contributed by atoms with van der Waals surface area (Å²) in [4.78, 5) is 6.50. The number of hydrogen-bond donors (Lipinski definition) is 0. The Hall–Kier alpha value is -4.69. The number of fused-ring (bicyclic) bond motifs is 3. The van der Waals surface area contributed by atoms with E-state index in [2.05, 4.69) is 126 Å². The van der Waals surface area contributed by atoms with Gasteiger partial charge in [-0.3, -0.25) is 4.98 Å². The third kappa shape index (κ3) is 3.23. The summed E-state index contributed by atoms with van der Waals surface area (Å²) < 4.78 is 0. The number of pyridine rings is 1. The van der Waals surface area contributed by atoms with Crippen molar-refractivity contribution in [1.82, 2.24) is 4.98 Å². The van der Waals surface area contributed by atoms with E-state index in [9.17, 15) is 0 Å². The van der Waals surface area contributed by atoms with Crippen molar-refractivity contribution in [2.45, 2.75) is 0 Å². The number of nitrogens with zero attached hydrogens (tertiary/aromatic N) is 2. The van der Waals surface area contributed by atoms with E-state index in [4.69, 9.17) is 0 Å². The highest BCUT2D eigenvalue weighted by atomic mass is 15.1. The maximum absolute atomic E-state index is 4.30. The average molecular weight is 461 g/mol. The van der Waals surface area contributed by atoms with Gasteiger partial charge in [0.15, 0.2) is 0 Å². The second-order valence-corrected chi connectivity index (χ2v) is 9.34. The van der Waals surface area contributed by atoms with Crippen LogP contribution in [-0.4, -0.2) is 12.0 Å². The minimum absolute atomic E-state index is 1.06. The first-order valence-corrected chi connectivity index (χ1v) is 12.3. The SMILES string of the molecule is CN(c1cccnc1)c1ccccc1-c1cccc(-c2ccc3c(c2)-c2cccc4cccc-3c24)c1. The van der Waals surface area contributed by atoms with E-state index in [-0.39, 0.29) is 0 Å². The smallest absolute Gasteiger partial charge is 0.0594 e. The van der Waals surface area contributed by atoms with Crippen molar-refractivity contribution in [1.29, 1.82) is 0 Å². The van der Waals surface area contributed by atoms with Crippen LogP contribution in [0.2, 0.25) is 0 Å². The van der Waals surface area contributed by atoms with E-state index in [0.717, 1.165) is 11.4 Å². The Balaban J connectivity index is 1.32. The zero-order chi connectivity index (χ0) is 24.1. The molecule has 2 heteroatoms. The van der Waals surface area contributed by atoms with Gasteiger partial charge in [0.05, 0.1) is 11.9 Å². The van der Waals surface area contributed by atoms with Crippen molar-refractivity contribution in [3.63, 3.8) is 0 Å². The van der Waals surface area contributed by atoms with E-state index in [1.807, 2.05) is 18.5 Å². The van der Waals surface area contributed by atoms with Crippen molar-refractivity contribution in [3.05, 3.63) is 128 Å². The van der Waals surface area contributed by atoms with Crippen LogP contribution in [0.4, 0.5) is 11.4 Å². The molecular weight excluding hydrogens is 436 g/mol. The largest absolute Gasteiger partial charge is 0.343 e. The fourth-order valence-electron chi connectivity index (χ4n) is 5.54. The van der Waals surface area contributed by atoms with E-state index >= 15 is 0 Å². The molecule has 1 aliphatic rings. The predicted molar refractivity (Wildman–Crippen MR) is 152 cm³/mol. The Kier molecular flexibility index (Phi) is 4.71. The Bertz CT molecular complexity index is 1750.